The first-order valence-electron chi connectivity index (χ1n) is 7.37. The van der Waals surface area contributed by atoms with Gasteiger partial charge in [0.2, 0.25) is 0 Å². The first-order valence-corrected chi connectivity index (χ1v) is 8.17. The standard InChI is InChI=1S/C15H22BrN3O2/c1-11(2)18-7-5-14(6-8-18)17-10-12-3-4-13(16)9-15(12)19(20)21/h3-4,9,11,14,17H,5-8,10H2,1-2H3. The highest BCUT2D eigenvalue weighted by Gasteiger charge is 2.21. The molecule has 21 heavy (non-hydrogen) atoms. The second-order valence-electron chi connectivity index (χ2n) is 5.82. The summed E-state index contributed by atoms with van der Waals surface area (Å²) in [5, 5.41) is 14.6. The number of likely N-dealkylation sites (tertiary alicyclic amines) is 1. The van der Waals surface area contributed by atoms with Crippen molar-refractivity contribution in [3.05, 3.63) is 38.3 Å². The van der Waals surface area contributed by atoms with Crippen LogP contribution in [0.4, 0.5) is 5.69 Å². The van der Waals surface area contributed by atoms with Crippen LogP contribution in [0.2, 0.25) is 0 Å². The number of piperidine rings is 1. The number of nitrogens with zero attached hydrogens (tertiary/aromatic N) is 2. The van der Waals surface area contributed by atoms with Gasteiger partial charge in [-0.1, -0.05) is 15.9 Å². The molecule has 0 atom stereocenters. The maximum Gasteiger partial charge on any atom is 0.275 e. The third kappa shape index (κ3) is 4.49. The van der Waals surface area contributed by atoms with Crippen LogP contribution in [-0.4, -0.2) is 35.0 Å². The molecule has 1 N–H and O–H groups in total. The van der Waals surface area contributed by atoms with Gasteiger partial charge in [-0.15, -0.1) is 0 Å². The molecule has 1 aliphatic heterocycles. The second-order valence-corrected chi connectivity index (χ2v) is 6.73. The Balaban J connectivity index is 1.91. The minimum Gasteiger partial charge on any atom is -0.310 e. The first kappa shape index (κ1) is 16.4. The van der Waals surface area contributed by atoms with Crippen LogP contribution in [0.25, 0.3) is 0 Å². The van der Waals surface area contributed by atoms with E-state index in [0.717, 1.165) is 36.0 Å². The van der Waals surface area contributed by atoms with E-state index < -0.39 is 0 Å². The van der Waals surface area contributed by atoms with Crippen LogP contribution in [0, 0.1) is 10.1 Å². The van der Waals surface area contributed by atoms with Crippen molar-refractivity contribution in [2.24, 2.45) is 0 Å². The number of nitrogens with one attached hydrogen (secondary N) is 1. The van der Waals surface area contributed by atoms with Crippen molar-refractivity contribution >= 4 is 21.6 Å². The lowest BCUT2D eigenvalue weighted by Gasteiger charge is -2.35. The van der Waals surface area contributed by atoms with Crippen molar-refractivity contribution in [2.45, 2.75) is 45.3 Å². The molecule has 1 fully saturated rings. The smallest absolute Gasteiger partial charge is 0.275 e. The van der Waals surface area contributed by atoms with Crippen molar-refractivity contribution < 1.29 is 4.92 Å². The Morgan fingerprint density at radius 1 is 1.43 bits per heavy atom. The van der Waals surface area contributed by atoms with Crippen molar-refractivity contribution in [3.8, 4) is 0 Å². The largest absolute Gasteiger partial charge is 0.310 e. The average molecular weight is 356 g/mol. The number of hydrogen-bond donors (Lipinski definition) is 1. The van der Waals surface area contributed by atoms with Gasteiger partial charge in [-0.05, 0) is 51.9 Å². The van der Waals surface area contributed by atoms with Gasteiger partial charge >= 0.3 is 0 Å². The van der Waals surface area contributed by atoms with Gasteiger partial charge in [0.1, 0.15) is 0 Å². The van der Waals surface area contributed by atoms with E-state index in [1.54, 1.807) is 6.07 Å². The fourth-order valence-electron chi connectivity index (χ4n) is 2.73. The minimum atomic E-state index is -0.316. The molecule has 0 spiro atoms. The molecule has 2 rings (SSSR count). The molecule has 1 aliphatic rings. The fourth-order valence-corrected chi connectivity index (χ4v) is 3.08. The molecule has 0 radical (unpaired) electrons. The van der Waals surface area contributed by atoms with E-state index in [1.807, 2.05) is 12.1 Å². The Labute approximate surface area is 134 Å². The predicted octanol–water partition coefficient (Wildman–Crippen LogP) is 3.32. The van der Waals surface area contributed by atoms with Crippen LogP contribution in [-0.2, 0) is 6.54 Å². The van der Waals surface area contributed by atoms with E-state index in [0.29, 0.717) is 18.6 Å². The zero-order chi connectivity index (χ0) is 15.4. The monoisotopic (exact) mass is 355 g/mol. The van der Waals surface area contributed by atoms with E-state index >= 15 is 0 Å². The van der Waals surface area contributed by atoms with Crippen molar-refractivity contribution in [1.29, 1.82) is 0 Å². The number of hydrogen-bond acceptors (Lipinski definition) is 4. The minimum absolute atomic E-state index is 0.177. The fraction of sp³-hybridized carbons (Fsp3) is 0.600. The normalized spacial score (nSPS) is 17.3. The van der Waals surface area contributed by atoms with Gasteiger partial charge in [-0.3, -0.25) is 10.1 Å². The van der Waals surface area contributed by atoms with Crippen LogP contribution < -0.4 is 5.32 Å². The van der Waals surface area contributed by atoms with Crippen LogP contribution in [0.5, 0.6) is 0 Å². The third-order valence-electron chi connectivity index (χ3n) is 4.09. The zero-order valence-electron chi connectivity index (χ0n) is 12.5. The van der Waals surface area contributed by atoms with E-state index in [1.165, 1.54) is 0 Å². The third-order valence-corrected chi connectivity index (χ3v) is 4.58. The number of rotatable bonds is 5. The first-order chi connectivity index (χ1) is 9.97. The lowest BCUT2D eigenvalue weighted by molar-refractivity contribution is -0.385. The molecule has 1 heterocycles. The average Bonchev–Trinajstić information content (AvgIpc) is 2.46. The predicted molar refractivity (Wildman–Crippen MR) is 87.4 cm³/mol. The van der Waals surface area contributed by atoms with Crippen LogP contribution in [0.3, 0.4) is 0 Å². The maximum absolute atomic E-state index is 11.1. The summed E-state index contributed by atoms with van der Waals surface area (Å²) in [6, 6.07) is 6.28. The molecule has 5 nitrogen and oxygen atoms in total. The molecule has 0 saturated carbocycles. The van der Waals surface area contributed by atoms with Gasteiger partial charge < -0.3 is 10.2 Å². The lowest BCUT2D eigenvalue weighted by atomic mass is 10.0. The molecule has 6 heteroatoms. The summed E-state index contributed by atoms with van der Waals surface area (Å²) in [5.74, 6) is 0. The summed E-state index contributed by atoms with van der Waals surface area (Å²) in [6.45, 7) is 7.18. The van der Waals surface area contributed by atoms with Crippen LogP contribution >= 0.6 is 15.9 Å². The molecule has 0 aliphatic carbocycles. The maximum atomic E-state index is 11.1. The quantitative estimate of drug-likeness (QED) is 0.650. The second kappa shape index (κ2) is 7.33. The van der Waals surface area contributed by atoms with Gasteiger partial charge in [0.25, 0.3) is 5.69 Å². The van der Waals surface area contributed by atoms with Gasteiger partial charge in [0, 0.05) is 34.7 Å². The SMILES string of the molecule is CC(C)N1CCC(NCc2ccc(Br)cc2[N+](=O)[O-])CC1. The molecule has 1 aromatic carbocycles. The summed E-state index contributed by atoms with van der Waals surface area (Å²) >= 11 is 3.28. The van der Waals surface area contributed by atoms with Crippen LogP contribution in [0.15, 0.2) is 22.7 Å². The number of nitro benzene ring substituents is 1. The lowest BCUT2D eigenvalue weighted by Crippen LogP contribution is -2.44. The Bertz CT molecular complexity index is 500. The van der Waals surface area contributed by atoms with Crippen molar-refractivity contribution in [1.82, 2.24) is 10.2 Å². The summed E-state index contributed by atoms with van der Waals surface area (Å²) in [4.78, 5) is 13.2. The number of benzene rings is 1. The molecular formula is C15H22BrN3O2. The molecular weight excluding hydrogens is 334 g/mol. The van der Waals surface area contributed by atoms with E-state index in [2.05, 4.69) is 40.0 Å². The van der Waals surface area contributed by atoms with Crippen molar-refractivity contribution in [3.63, 3.8) is 0 Å². The Hall–Kier alpha value is -0.980. The van der Waals surface area contributed by atoms with Gasteiger partial charge in [0.05, 0.1) is 4.92 Å². The van der Waals surface area contributed by atoms with E-state index in [9.17, 15) is 10.1 Å². The molecule has 0 amide bonds. The zero-order valence-corrected chi connectivity index (χ0v) is 14.1. The highest BCUT2D eigenvalue weighted by molar-refractivity contribution is 9.10. The summed E-state index contributed by atoms with van der Waals surface area (Å²) < 4.78 is 0.739. The number of halogens is 1. The molecule has 0 bridgehead atoms. The Morgan fingerprint density at radius 2 is 2.10 bits per heavy atom. The van der Waals surface area contributed by atoms with Crippen LogP contribution in [0.1, 0.15) is 32.3 Å². The summed E-state index contributed by atoms with van der Waals surface area (Å²) in [5.41, 5.74) is 0.922. The van der Waals surface area contributed by atoms with Gasteiger partial charge in [-0.25, -0.2) is 0 Å². The van der Waals surface area contributed by atoms with E-state index in [-0.39, 0.29) is 10.6 Å². The molecule has 1 saturated heterocycles. The van der Waals surface area contributed by atoms with Gasteiger partial charge in [-0.2, -0.15) is 0 Å². The molecule has 0 unspecified atom stereocenters. The topological polar surface area (TPSA) is 58.4 Å². The Kier molecular flexibility index (Phi) is 5.72. The molecule has 1 aromatic rings. The molecule has 0 aromatic heterocycles. The van der Waals surface area contributed by atoms with Crippen molar-refractivity contribution in [2.75, 3.05) is 13.1 Å². The highest BCUT2D eigenvalue weighted by atomic mass is 79.9. The highest BCUT2D eigenvalue weighted by Crippen LogP contribution is 2.24. The van der Waals surface area contributed by atoms with Gasteiger partial charge in [0.15, 0.2) is 0 Å². The summed E-state index contributed by atoms with van der Waals surface area (Å²) in [7, 11) is 0. The Morgan fingerprint density at radius 3 is 2.67 bits per heavy atom. The number of nitro groups is 1. The molecule has 116 valence electrons. The van der Waals surface area contributed by atoms with E-state index in [4.69, 9.17) is 0 Å². The summed E-state index contributed by atoms with van der Waals surface area (Å²) in [6.07, 6.45) is 2.20.